The number of amides is 2. The van der Waals surface area contributed by atoms with Gasteiger partial charge in [0.15, 0.2) is 0 Å². The van der Waals surface area contributed by atoms with Crippen LogP contribution in [0, 0.1) is 0 Å². The first kappa shape index (κ1) is 17.0. The highest BCUT2D eigenvalue weighted by atomic mass is 16.2. The molecule has 27 heavy (non-hydrogen) atoms. The van der Waals surface area contributed by atoms with Crippen molar-refractivity contribution >= 4 is 28.6 Å². The Morgan fingerprint density at radius 1 is 1.15 bits per heavy atom. The Morgan fingerprint density at radius 3 is 2.74 bits per heavy atom. The fraction of sp³-hybridized carbons (Fsp3) is 0.200. The third kappa shape index (κ3) is 3.44. The number of carbonyl (C=O) groups is 2. The summed E-state index contributed by atoms with van der Waals surface area (Å²) in [7, 11) is 1.57. The second kappa shape index (κ2) is 7.03. The summed E-state index contributed by atoms with van der Waals surface area (Å²) in [6, 6.07) is 15.3. The topological polar surface area (TPSA) is 90.4 Å². The van der Waals surface area contributed by atoms with E-state index in [1.165, 1.54) is 5.01 Å². The number of hydrogen-bond acceptors (Lipinski definition) is 4. The maximum absolute atomic E-state index is 12.8. The molecule has 3 aromatic rings. The number of nitrogens with one attached hydrogen (secondary N) is 2. The largest absolute Gasteiger partial charge is 0.345 e. The summed E-state index contributed by atoms with van der Waals surface area (Å²) < 4.78 is 0. The van der Waals surface area contributed by atoms with Crippen molar-refractivity contribution in [1.29, 1.82) is 0 Å². The summed E-state index contributed by atoms with van der Waals surface area (Å²) in [6.45, 7) is 0. The van der Waals surface area contributed by atoms with E-state index in [2.05, 4.69) is 20.4 Å². The van der Waals surface area contributed by atoms with Crippen LogP contribution in [0.1, 0.15) is 30.0 Å². The van der Waals surface area contributed by atoms with Crippen LogP contribution in [0.4, 0.5) is 0 Å². The number of fused-ring (bicyclic) bond motifs is 1. The quantitative estimate of drug-likeness (QED) is 0.747. The molecule has 136 valence electrons. The Balaban J connectivity index is 1.67. The molecule has 2 heterocycles. The van der Waals surface area contributed by atoms with Crippen LogP contribution in [0.2, 0.25) is 0 Å². The zero-order valence-corrected chi connectivity index (χ0v) is 14.8. The highest BCUT2D eigenvalue weighted by molar-refractivity contribution is 6.39. The molecule has 0 unspecified atom stereocenters. The summed E-state index contributed by atoms with van der Waals surface area (Å²) >= 11 is 0. The van der Waals surface area contributed by atoms with Crippen molar-refractivity contribution in [3.05, 3.63) is 66.0 Å². The predicted octanol–water partition coefficient (Wildman–Crippen LogP) is 2.38. The Hall–Kier alpha value is -3.48. The standard InChI is InChI=1S/C20H19N5O2/c1-25-18(26)10-9-16(24-25)20(27)23-19(13-5-3-2-4-6-13)14-7-8-15-17(11-14)22-12-21-15/h2-8,11-12,19H,9-10H2,1H3,(H,21,22)(H,23,27)/t19-/m0/s1. The molecule has 0 fully saturated rings. The van der Waals surface area contributed by atoms with Crippen LogP contribution in [-0.2, 0) is 9.59 Å². The van der Waals surface area contributed by atoms with Crippen LogP contribution in [0.15, 0.2) is 60.0 Å². The zero-order chi connectivity index (χ0) is 18.8. The van der Waals surface area contributed by atoms with Crippen LogP contribution in [0.5, 0.6) is 0 Å². The van der Waals surface area contributed by atoms with Gasteiger partial charge in [-0.05, 0) is 23.3 Å². The monoisotopic (exact) mass is 361 g/mol. The van der Waals surface area contributed by atoms with Gasteiger partial charge >= 0.3 is 0 Å². The van der Waals surface area contributed by atoms with Gasteiger partial charge < -0.3 is 10.3 Å². The lowest BCUT2D eigenvalue weighted by Crippen LogP contribution is -2.39. The van der Waals surface area contributed by atoms with Crippen LogP contribution in [0.25, 0.3) is 11.0 Å². The number of rotatable bonds is 4. The van der Waals surface area contributed by atoms with Gasteiger partial charge in [-0.1, -0.05) is 36.4 Å². The van der Waals surface area contributed by atoms with E-state index in [1.807, 2.05) is 48.5 Å². The number of hydrogen-bond donors (Lipinski definition) is 2. The minimum atomic E-state index is -0.336. The van der Waals surface area contributed by atoms with Gasteiger partial charge in [0, 0.05) is 19.9 Å². The predicted molar refractivity (Wildman–Crippen MR) is 102 cm³/mol. The first-order chi connectivity index (χ1) is 13.1. The molecule has 0 bridgehead atoms. The molecule has 1 aliphatic rings. The Morgan fingerprint density at radius 2 is 1.96 bits per heavy atom. The van der Waals surface area contributed by atoms with E-state index in [9.17, 15) is 9.59 Å². The molecule has 1 aliphatic heterocycles. The number of H-pyrrole nitrogens is 1. The molecule has 7 nitrogen and oxygen atoms in total. The van der Waals surface area contributed by atoms with Gasteiger partial charge in [-0.2, -0.15) is 5.10 Å². The summed E-state index contributed by atoms with van der Waals surface area (Å²) in [5.74, 6) is -0.358. The maximum atomic E-state index is 12.8. The molecule has 7 heteroatoms. The first-order valence-corrected chi connectivity index (χ1v) is 8.75. The molecule has 0 saturated heterocycles. The molecule has 2 amide bonds. The van der Waals surface area contributed by atoms with E-state index in [-0.39, 0.29) is 17.9 Å². The van der Waals surface area contributed by atoms with E-state index in [4.69, 9.17) is 0 Å². The van der Waals surface area contributed by atoms with Gasteiger partial charge in [0.05, 0.1) is 23.4 Å². The highest BCUT2D eigenvalue weighted by Crippen LogP contribution is 2.25. The van der Waals surface area contributed by atoms with E-state index < -0.39 is 0 Å². The number of aromatic nitrogens is 2. The minimum Gasteiger partial charge on any atom is -0.345 e. The second-order valence-corrected chi connectivity index (χ2v) is 6.46. The highest BCUT2D eigenvalue weighted by Gasteiger charge is 2.25. The fourth-order valence-corrected chi connectivity index (χ4v) is 3.18. The van der Waals surface area contributed by atoms with Crippen LogP contribution in [0.3, 0.4) is 0 Å². The van der Waals surface area contributed by atoms with Crippen molar-refractivity contribution in [3.8, 4) is 0 Å². The number of imidazole rings is 1. The summed E-state index contributed by atoms with van der Waals surface area (Å²) in [5, 5.41) is 8.42. The van der Waals surface area contributed by atoms with Crippen molar-refractivity contribution in [2.24, 2.45) is 5.10 Å². The molecular formula is C20H19N5O2. The third-order valence-corrected chi connectivity index (χ3v) is 4.66. The van der Waals surface area contributed by atoms with Crippen molar-refractivity contribution < 1.29 is 9.59 Å². The average Bonchev–Trinajstić information content (AvgIpc) is 3.16. The molecule has 2 aromatic carbocycles. The Labute approximate surface area is 156 Å². The van der Waals surface area contributed by atoms with Gasteiger partial charge in [0.25, 0.3) is 5.91 Å². The van der Waals surface area contributed by atoms with Gasteiger partial charge in [-0.3, -0.25) is 9.59 Å². The molecule has 1 atom stereocenters. The number of hydrazone groups is 1. The lowest BCUT2D eigenvalue weighted by Gasteiger charge is -2.23. The molecule has 0 aliphatic carbocycles. The Bertz CT molecular complexity index is 1030. The molecule has 4 rings (SSSR count). The van der Waals surface area contributed by atoms with E-state index >= 15 is 0 Å². The summed E-state index contributed by atoms with van der Waals surface area (Å²) in [6.07, 6.45) is 2.28. The van der Waals surface area contributed by atoms with Gasteiger partial charge in [-0.15, -0.1) is 0 Å². The van der Waals surface area contributed by atoms with Crippen LogP contribution in [-0.4, -0.2) is 39.6 Å². The zero-order valence-electron chi connectivity index (χ0n) is 14.8. The normalized spacial score (nSPS) is 15.5. The smallest absolute Gasteiger partial charge is 0.268 e. The van der Waals surface area contributed by atoms with Crippen LogP contribution >= 0.6 is 0 Å². The third-order valence-electron chi connectivity index (χ3n) is 4.66. The maximum Gasteiger partial charge on any atom is 0.268 e. The van der Waals surface area contributed by atoms with Crippen molar-refractivity contribution in [3.63, 3.8) is 0 Å². The SMILES string of the molecule is CN1N=C(C(=O)N[C@@H](c2ccccc2)c2ccc3nc[nH]c3c2)CCC1=O. The van der Waals surface area contributed by atoms with Gasteiger partial charge in [0.1, 0.15) is 5.71 Å². The Kier molecular flexibility index (Phi) is 4.42. The van der Waals surface area contributed by atoms with Gasteiger partial charge in [-0.25, -0.2) is 9.99 Å². The average molecular weight is 361 g/mol. The van der Waals surface area contributed by atoms with E-state index in [1.54, 1.807) is 13.4 Å². The van der Waals surface area contributed by atoms with E-state index in [0.717, 1.165) is 22.2 Å². The molecule has 0 spiro atoms. The summed E-state index contributed by atoms with van der Waals surface area (Å²) in [4.78, 5) is 31.8. The number of aromatic amines is 1. The lowest BCUT2D eigenvalue weighted by molar-refractivity contribution is -0.130. The molecule has 2 N–H and O–H groups in total. The lowest BCUT2D eigenvalue weighted by atomic mass is 9.97. The van der Waals surface area contributed by atoms with Crippen molar-refractivity contribution in [2.45, 2.75) is 18.9 Å². The van der Waals surface area contributed by atoms with Crippen LogP contribution < -0.4 is 5.32 Å². The molecule has 0 radical (unpaired) electrons. The second-order valence-electron chi connectivity index (χ2n) is 6.46. The van der Waals surface area contributed by atoms with E-state index in [0.29, 0.717) is 18.6 Å². The fourth-order valence-electron chi connectivity index (χ4n) is 3.18. The van der Waals surface area contributed by atoms with Crippen molar-refractivity contribution in [2.75, 3.05) is 7.05 Å². The minimum absolute atomic E-state index is 0.0872. The number of nitrogens with zero attached hydrogens (tertiary/aromatic N) is 3. The molecule has 1 aromatic heterocycles. The van der Waals surface area contributed by atoms with Crippen molar-refractivity contribution in [1.82, 2.24) is 20.3 Å². The first-order valence-electron chi connectivity index (χ1n) is 8.75. The molecule has 0 saturated carbocycles. The number of carbonyl (C=O) groups excluding carboxylic acids is 2. The molecular weight excluding hydrogens is 342 g/mol. The van der Waals surface area contributed by atoms with Gasteiger partial charge in [0.2, 0.25) is 5.91 Å². The summed E-state index contributed by atoms with van der Waals surface area (Å²) in [5.41, 5.74) is 4.04. The number of benzene rings is 2.